The molecule has 0 aliphatic carbocycles. The highest BCUT2D eigenvalue weighted by molar-refractivity contribution is 7.89. The normalized spacial score (nSPS) is 16.7. The summed E-state index contributed by atoms with van der Waals surface area (Å²) >= 11 is 0. The number of carbonyl (C=O) groups is 2. The van der Waals surface area contributed by atoms with Crippen LogP contribution in [0.4, 0.5) is 5.69 Å². The van der Waals surface area contributed by atoms with Gasteiger partial charge in [0.15, 0.2) is 0 Å². The number of amides is 2. The fourth-order valence-electron chi connectivity index (χ4n) is 3.78. The number of piperidine rings is 1. The van der Waals surface area contributed by atoms with E-state index in [0.29, 0.717) is 17.8 Å². The van der Waals surface area contributed by atoms with Crippen LogP contribution < -0.4 is 10.2 Å². The molecular weight excluding hydrogens is 426 g/mol. The van der Waals surface area contributed by atoms with E-state index in [1.54, 1.807) is 36.4 Å². The monoisotopic (exact) mass is 453 g/mol. The van der Waals surface area contributed by atoms with Crippen molar-refractivity contribution in [3.05, 3.63) is 59.7 Å². The molecule has 0 spiro atoms. The van der Waals surface area contributed by atoms with Gasteiger partial charge in [-0.05, 0) is 56.2 Å². The Hall–Kier alpha value is -3.15. The second kappa shape index (κ2) is 9.98. The van der Waals surface area contributed by atoms with Crippen molar-refractivity contribution in [2.75, 3.05) is 25.0 Å². The first kappa shape index (κ1) is 23.5. The Labute approximate surface area is 189 Å². The Morgan fingerprint density at radius 1 is 1.19 bits per heavy atom. The number of rotatable bonds is 6. The third-order valence-corrected chi connectivity index (χ3v) is 7.59. The van der Waals surface area contributed by atoms with Gasteiger partial charge < -0.3 is 5.32 Å². The largest absolute Gasteiger partial charge is 0.358 e. The summed E-state index contributed by atoms with van der Waals surface area (Å²) < 4.78 is 28.0. The quantitative estimate of drug-likeness (QED) is 0.682. The van der Waals surface area contributed by atoms with Crippen LogP contribution in [0.3, 0.4) is 0 Å². The third-order valence-electron chi connectivity index (χ3n) is 5.58. The fourth-order valence-corrected chi connectivity index (χ4v) is 5.52. The maximum Gasteiger partial charge on any atom is 0.258 e. The minimum atomic E-state index is -3.74. The van der Waals surface area contributed by atoms with Gasteiger partial charge in [-0.25, -0.2) is 8.42 Å². The molecular formula is C24H27N3O4S. The third kappa shape index (κ3) is 5.01. The molecule has 32 heavy (non-hydrogen) atoms. The van der Waals surface area contributed by atoms with E-state index in [-0.39, 0.29) is 29.0 Å². The summed E-state index contributed by atoms with van der Waals surface area (Å²) in [5.41, 5.74) is 1.19. The van der Waals surface area contributed by atoms with Crippen molar-refractivity contribution in [1.29, 1.82) is 0 Å². The van der Waals surface area contributed by atoms with E-state index >= 15 is 0 Å². The van der Waals surface area contributed by atoms with Crippen LogP contribution >= 0.6 is 0 Å². The molecule has 1 N–H and O–H groups in total. The van der Waals surface area contributed by atoms with E-state index in [2.05, 4.69) is 11.2 Å². The Morgan fingerprint density at radius 3 is 2.62 bits per heavy atom. The molecule has 7 nitrogen and oxygen atoms in total. The van der Waals surface area contributed by atoms with Gasteiger partial charge in [0.1, 0.15) is 6.54 Å². The lowest BCUT2D eigenvalue weighted by Gasteiger charge is -2.32. The number of terminal acetylenes is 1. The summed E-state index contributed by atoms with van der Waals surface area (Å²) in [6.45, 7) is 2.13. The first-order chi connectivity index (χ1) is 15.3. The molecule has 1 aliphatic heterocycles. The summed E-state index contributed by atoms with van der Waals surface area (Å²) in [5, 5.41) is 2.51. The smallest absolute Gasteiger partial charge is 0.258 e. The lowest BCUT2D eigenvalue weighted by molar-refractivity contribution is -0.119. The number of likely N-dealkylation sites (N-methyl/N-ethyl adjacent to an activating group) is 1. The second-order valence-electron chi connectivity index (χ2n) is 7.75. The zero-order valence-electron chi connectivity index (χ0n) is 18.2. The first-order valence-corrected chi connectivity index (χ1v) is 11.9. The lowest BCUT2D eigenvalue weighted by Crippen LogP contribution is -2.42. The maximum absolute atomic E-state index is 13.4. The molecule has 1 fully saturated rings. The van der Waals surface area contributed by atoms with Crippen LogP contribution in [0, 0.1) is 12.3 Å². The van der Waals surface area contributed by atoms with Crippen molar-refractivity contribution >= 4 is 27.5 Å². The number of nitrogens with zero attached hydrogens (tertiary/aromatic N) is 2. The topological polar surface area (TPSA) is 86.8 Å². The molecule has 8 heteroatoms. The van der Waals surface area contributed by atoms with E-state index in [1.807, 2.05) is 6.92 Å². The fraction of sp³-hybridized carbons (Fsp3) is 0.333. The molecule has 1 heterocycles. The van der Waals surface area contributed by atoms with Gasteiger partial charge >= 0.3 is 0 Å². The van der Waals surface area contributed by atoms with Gasteiger partial charge in [-0.1, -0.05) is 24.5 Å². The number of nitrogens with one attached hydrogen (secondary N) is 1. The second-order valence-corrected chi connectivity index (χ2v) is 9.64. The molecule has 0 saturated carbocycles. The SMILES string of the molecule is C#Cc1cccc(N(CC(=O)NC)C(=O)c2cccc(S(=O)(=O)N3CCCCC3C)c2)c1. The van der Waals surface area contributed by atoms with Crippen molar-refractivity contribution in [2.45, 2.75) is 37.1 Å². The summed E-state index contributed by atoms with van der Waals surface area (Å²) in [6, 6.07) is 12.6. The molecule has 2 aromatic rings. The average Bonchev–Trinajstić information content (AvgIpc) is 2.82. The highest BCUT2D eigenvalue weighted by Gasteiger charge is 2.31. The van der Waals surface area contributed by atoms with Crippen LogP contribution in [-0.2, 0) is 14.8 Å². The first-order valence-electron chi connectivity index (χ1n) is 10.5. The Bertz CT molecular complexity index is 1150. The van der Waals surface area contributed by atoms with E-state index in [4.69, 9.17) is 6.42 Å². The maximum atomic E-state index is 13.4. The highest BCUT2D eigenvalue weighted by Crippen LogP contribution is 2.26. The van der Waals surface area contributed by atoms with Crippen LogP contribution in [0.5, 0.6) is 0 Å². The Balaban J connectivity index is 1.98. The zero-order valence-corrected chi connectivity index (χ0v) is 19.1. The van der Waals surface area contributed by atoms with Crippen molar-refractivity contribution < 1.29 is 18.0 Å². The van der Waals surface area contributed by atoms with E-state index < -0.39 is 15.9 Å². The number of benzene rings is 2. The van der Waals surface area contributed by atoms with Crippen LogP contribution in [-0.4, -0.2) is 50.7 Å². The summed E-state index contributed by atoms with van der Waals surface area (Å²) in [7, 11) is -2.26. The minimum Gasteiger partial charge on any atom is -0.358 e. The summed E-state index contributed by atoms with van der Waals surface area (Å²) in [4.78, 5) is 26.9. The van der Waals surface area contributed by atoms with Crippen LogP contribution in [0.1, 0.15) is 42.1 Å². The molecule has 1 aliphatic rings. The van der Waals surface area contributed by atoms with Gasteiger partial charge in [0.25, 0.3) is 5.91 Å². The van der Waals surface area contributed by atoms with Gasteiger partial charge in [0.05, 0.1) is 4.90 Å². The summed E-state index contributed by atoms with van der Waals surface area (Å²) in [6.07, 6.45) is 8.10. The lowest BCUT2D eigenvalue weighted by atomic mass is 10.1. The average molecular weight is 454 g/mol. The van der Waals surface area contributed by atoms with Crippen molar-refractivity contribution in [2.24, 2.45) is 0 Å². The minimum absolute atomic E-state index is 0.0642. The molecule has 1 saturated heterocycles. The number of hydrogen-bond acceptors (Lipinski definition) is 4. The Morgan fingerprint density at radius 2 is 1.94 bits per heavy atom. The van der Waals surface area contributed by atoms with Crippen molar-refractivity contribution in [3.8, 4) is 12.3 Å². The van der Waals surface area contributed by atoms with E-state index in [1.165, 1.54) is 28.4 Å². The molecule has 2 aromatic carbocycles. The number of carbonyl (C=O) groups excluding carboxylic acids is 2. The molecule has 1 atom stereocenters. The van der Waals surface area contributed by atoms with Gasteiger partial charge in [-0.3, -0.25) is 14.5 Å². The standard InChI is InChI=1S/C24H27N3O4S/c1-4-19-10-7-12-21(15-19)26(17-23(28)25-3)24(29)20-11-8-13-22(16-20)32(30,31)27-14-6-5-9-18(27)2/h1,7-8,10-13,15-16,18H,5-6,9,14,17H2,2-3H3,(H,25,28). The van der Waals surface area contributed by atoms with Gasteiger partial charge in [-0.2, -0.15) is 4.31 Å². The van der Waals surface area contributed by atoms with Crippen molar-refractivity contribution in [1.82, 2.24) is 9.62 Å². The number of sulfonamides is 1. The molecule has 0 bridgehead atoms. The van der Waals surface area contributed by atoms with Crippen LogP contribution in [0.15, 0.2) is 53.4 Å². The molecule has 168 valence electrons. The van der Waals surface area contributed by atoms with E-state index in [0.717, 1.165) is 19.3 Å². The predicted molar refractivity (Wildman–Crippen MR) is 124 cm³/mol. The van der Waals surface area contributed by atoms with E-state index in [9.17, 15) is 18.0 Å². The number of anilines is 1. The highest BCUT2D eigenvalue weighted by atomic mass is 32.2. The Kier molecular flexibility index (Phi) is 7.33. The van der Waals surface area contributed by atoms with Gasteiger partial charge in [0.2, 0.25) is 15.9 Å². The zero-order chi connectivity index (χ0) is 23.3. The van der Waals surface area contributed by atoms with Crippen LogP contribution in [0.25, 0.3) is 0 Å². The molecule has 2 amide bonds. The summed E-state index contributed by atoms with van der Waals surface area (Å²) in [5.74, 6) is 1.65. The van der Waals surface area contributed by atoms with Crippen LogP contribution in [0.2, 0.25) is 0 Å². The molecule has 0 radical (unpaired) electrons. The van der Waals surface area contributed by atoms with Crippen molar-refractivity contribution in [3.63, 3.8) is 0 Å². The number of hydrogen-bond donors (Lipinski definition) is 1. The van der Waals surface area contributed by atoms with Gasteiger partial charge in [-0.15, -0.1) is 6.42 Å². The predicted octanol–water partition coefficient (Wildman–Crippen LogP) is 2.62. The molecule has 3 rings (SSSR count). The molecule has 0 aromatic heterocycles. The molecule has 1 unspecified atom stereocenters. The van der Waals surface area contributed by atoms with Gasteiger partial charge in [0, 0.05) is 36.4 Å².